The van der Waals surface area contributed by atoms with Crippen LogP contribution in [0.2, 0.25) is 6.04 Å². The van der Waals surface area contributed by atoms with E-state index in [1.807, 2.05) is 6.07 Å². The van der Waals surface area contributed by atoms with Gasteiger partial charge < -0.3 is 18.6 Å². The first kappa shape index (κ1) is 16.3. The summed E-state index contributed by atoms with van der Waals surface area (Å²) in [6.07, 6.45) is 2.14. The lowest BCUT2D eigenvalue weighted by molar-refractivity contribution is 0.123. The zero-order valence-corrected chi connectivity index (χ0v) is 13.1. The highest BCUT2D eigenvalue weighted by Crippen LogP contribution is 2.15. The van der Waals surface area contributed by atoms with Crippen molar-refractivity contribution in [3.8, 4) is 0 Å². The van der Waals surface area contributed by atoms with Crippen LogP contribution in [0.1, 0.15) is 18.4 Å². The fraction of sp³-hybridized carbons (Fsp3) is 0.571. The van der Waals surface area contributed by atoms with Crippen LogP contribution in [-0.4, -0.2) is 36.7 Å². The maximum atomic E-state index is 5.39. The van der Waals surface area contributed by atoms with Crippen molar-refractivity contribution in [2.75, 3.05) is 27.9 Å². The van der Waals surface area contributed by atoms with Crippen LogP contribution in [0.15, 0.2) is 30.3 Å². The van der Waals surface area contributed by atoms with Crippen molar-refractivity contribution in [2.45, 2.75) is 25.4 Å². The summed E-state index contributed by atoms with van der Waals surface area (Å²) in [5, 5.41) is 3.43. The minimum absolute atomic E-state index is 0.865. The van der Waals surface area contributed by atoms with Crippen LogP contribution < -0.4 is 5.32 Å². The Morgan fingerprint density at radius 2 is 1.58 bits per heavy atom. The summed E-state index contributed by atoms with van der Waals surface area (Å²) < 4.78 is 16.2. The van der Waals surface area contributed by atoms with Crippen molar-refractivity contribution >= 4 is 8.80 Å². The fourth-order valence-electron chi connectivity index (χ4n) is 1.98. The minimum Gasteiger partial charge on any atom is -0.377 e. The molecule has 0 spiro atoms. The number of benzene rings is 1. The Balaban J connectivity index is 2.11. The lowest BCUT2D eigenvalue weighted by Crippen LogP contribution is -2.42. The Kier molecular flexibility index (Phi) is 7.93. The normalized spacial score (nSPS) is 11.7. The molecule has 0 aliphatic carbocycles. The topological polar surface area (TPSA) is 39.7 Å². The van der Waals surface area contributed by atoms with Gasteiger partial charge in [-0.25, -0.2) is 0 Å². The van der Waals surface area contributed by atoms with Gasteiger partial charge in [0.1, 0.15) is 0 Å². The van der Waals surface area contributed by atoms with Crippen LogP contribution in [0.25, 0.3) is 0 Å². The molecule has 1 aromatic carbocycles. The number of hydrogen-bond donors (Lipinski definition) is 1. The van der Waals surface area contributed by atoms with Gasteiger partial charge in [-0.15, -0.1) is 0 Å². The van der Waals surface area contributed by atoms with Gasteiger partial charge in [0, 0.05) is 33.9 Å². The average Bonchev–Trinajstić information content (AvgIpc) is 2.48. The summed E-state index contributed by atoms with van der Waals surface area (Å²) in [6, 6.07) is 11.3. The van der Waals surface area contributed by atoms with Gasteiger partial charge in [0.25, 0.3) is 0 Å². The lowest BCUT2D eigenvalue weighted by atomic mass is 10.2. The zero-order valence-electron chi connectivity index (χ0n) is 12.1. The molecule has 19 heavy (non-hydrogen) atoms. The van der Waals surface area contributed by atoms with E-state index in [0.717, 1.165) is 32.0 Å². The molecule has 108 valence electrons. The molecule has 0 aliphatic heterocycles. The van der Waals surface area contributed by atoms with Crippen molar-refractivity contribution in [3.05, 3.63) is 35.9 Å². The Hall–Kier alpha value is -0.723. The predicted molar refractivity (Wildman–Crippen MR) is 79.0 cm³/mol. The second-order valence-corrected chi connectivity index (χ2v) is 7.51. The molecule has 0 unspecified atom stereocenters. The monoisotopic (exact) mass is 283 g/mol. The van der Waals surface area contributed by atoms with Crippen molar-refractivity contribution in [1.29, 1.82) is 0 Å². The molecule has 0 heterocycles. The number of nitrogens with one attached hydrogen (secondary N) is 1. The fourth-order valence-corrected chi connectivity index (χ4v) is 3.77. The van der Waals surface area contributed by atoms with Crippen LogP contribution in [0, 0.1) is 0 Å². The Morgan fingerprint density at radius 1 is 0.947 bits per heavy atom. The van der Waals surface area contributed by atoms with Crippen LogP contribution >= 0.6 is 0 Å². The lowest BCUT2D eigenvalue weighted by Gasteiger charge is -2.24. The molecule has 1 N–H and O–H groups in total. The standard InChI is InChI=1S/C14H25NO3Si/c1-16-19(17-2,18-3)12-8-7-11-15-13-14-9-5-4-6-10-14/h4-6,9-10,15H,7-8,11-13H2,1-3H3. The molecule has 5 heteroatoms. The molecular weight excluding hydrogens is 258 g/mol. The van der Waals surface area contributed by atoms with E-state index >= 15 is 0 Å². The van der Waals surface area contributed by atoms with Gasteiger partial charge in [-0.2, -0.15) is 0 Å². The van der Waals surface area contributed by atoms with Crippen molar-refractivity contribution in [2.24, 2.45) is 0 Å². The van der Waals surface area contributed by atoms with E-state index in [1.165, 1.54) is 5.56 Å². The molecule has 0 bridgehead atoms. The number of rotatable bonds is 10. The number of unbranched alkanes of at least 4 members (excludes halogenated alkanes) is 1. The third-order valence-corrected chi connectivity index (χ3v) is 6.02. The minimum atomic E-state index is -2.37. The molecule has 0 saturated carbocycles. The van der Waals surface area contributed by atoms with E-state index in [1.54, 1.807) is 21.3 Å². The van der Waals surface area contributed by atoms with Gasteiger partial charge in [0.2, 0.25) is 0 Å². The highest BCUT2D eigenvalue weighted by Gasteiger charge is 2.36. The Morgan fingerprint density at radius 3 is 2.16 bits per heavy atom. The largest absolute Gasteiger partial charge is 0.500 e. The first-order valence-electron chi connectivity index (χ1n) is 6.66. The zero-order chi connectivity index (χ0) is 14.0. The van der Waals surface area contributed by atoms with Gasteiger partial charge in [-0.1, -0.05) is 30.3 Å². The van der Waals surface area contributed by atoms with Crippen LogP contribution in [0.3, 0.4) is 0 Å². The van der Waals surface area contributed by atoms with Crippen LogP contribution in [0.5, 0.6) is 0 Å². The molecule has 0 amide bonds. The molecule has 4 nitrogen and oxygen atoms in total. The summed E-state index contributed by atoms with van der Waals surface area (Å²) in [5.74, 6) is 0. The van der Waals surface area contributed by atoms with E-state index in [2.05, 4.69) is 29.6 Å². The maximum absolute atomic E-state index is 5.39. The summed E-state index contributed by atoms with van der Waals surface area (Å²) >= 11 is 0. The molecule has 1 aromatic rings. The number of hydrogen-bond acceptors (Lipinski definition) is 4. The first-order chi connectivity index (χ1) is 9.26. The van der Waals surface area contributed by atoms with Gasteiger partial charge >= 0.3 is 8.80 Å². The van der Waals surface area contributed by atoms with E-state index in [9.17, 15) is 0 Å². The molecule has 0 atom stereocenters. The van der Waals surface area contributed by atoms with E-state index < -0.39 is 8.80 Å². The van der Waals surface area contributed by atoms with Gasteiger partial charge in [0.05, 0.1) is 0 Å². The molecule has 0 fully saturated rings. The second kappa shape index (κ2) is 9.22. The van der Waals surface area contributed by atoms with Gasteiger partial charge in [-0.3, -0.25) is 0 Å². The van der Waals surface area contributed by atoms with Gasteiger partial charge in [-0.05, 0) is 24.9 Å². The third-order valence-electron chi connectivity index (χ3n) is 3.19. The quantitative estimate of drug-likeness (QED) is 0.529. The molecular formula is C14H25NO3Si. The van der Waals surface area contributed by atoms with Crippen LogP contribution in [-0.2, 0) is 19.8 Å². The predicted octanol–water partition coefficient (Wildman–Crippen LogP) is 2.43. The summed E-state index contributed by atoms with van der Waals surface area (Å²) in [5.41, 5.74) is 1.32. The molecule has 0 saturated heterocycles. The van der Waals surface area contributed by atoms with Crippen LogP contribution in [0.4, 0.5) is 0 Å². The SMILES string of the molecule is CO[Si](CCCCNCc1ccccc1)(OC)OC. The van der Waals surface area contributed by atoms with Crippen molar-refractivity contribution in [1.82, 2.24) is 5.32 Å². The van der Waals surface area contributed by atoms with Crippen molar-refractivity contribution in [3.63, 3.8) is 0 Å². The Bertz CT molecular complexity index is 322. The molecule has 0 aromatic heterocycles. The summed E-state index contributed by atoms with van der Waals surface area (Å²) in [6.45, 7) is 1.92. The molecule has 0 aliphatic rings. The maximum Gasteiger partial charge on any atom is 0.500 e. The smallest absolute Gasteiger partial charge is 0.377 e. The average molecular weight is 283 g/mol. The highest BCUT2D eigenvalue weighted by atomic mass is 28.4. The summed E-state index contributed by atoms with van der Waals surface area (Å²) in [7, 11) is 2.61. The molecule has 1 rings (SSSR count). The Labute approximate surface area is 117 Å². The highest BCUT2D eigenvalue weighted by molar-refractivity contribution is 6.60. The third kappa shape index (κ3) is 5.84. The van der Waals surface area contributed by atoms with Crippen molar-refractivity contribution < 1.29 is 13.3 Å². The van der Waals surface area contributed by atoms with E-state index in [4.69, 9.17) is 13.3 Å². The van der Waals surface area contributed by atoms with Gasteiger partial charge in [0.15, 0.2) is 0 Å². The summed E-state index contributed by atoms with van der Waals surface area (Å²) in [4.78, 5) is 0. The van der Waals surface area contributed by atoms with E-state index in [-0.39, 0.29) is 0 Å². The second-order valence-electron chi connectivity index (χ2n) is 4.41. The van der Waals surface area contributed by atoms with E-state index in [0.29, 0.717) is 0 Å². The first-order valence-corrected chi connectivity index (χ1v) is 8.59. The molecule has 0 radical (unpaired) electrons.